The first-order valence-corrected chi connectivity index (χ1v) is 3.24. The van der Waals surface area contributed by atoms with Gasteiger partial charge in [-0.3, -0.25) is 4.74 Å². The van der Waals surface area contributed by atoms with Crippen LogP contribution in [-0.2, 0) is 4.74 Å². The minimum atomic E-state index is -6.94. The normalized spacial score (nSPS) is 15.5. The van der Waals surface area contributed by atoms with Gasteiger partial charge in [0.05, 0.1) is 0 Å². The highest BCUT2D eigenvalue weighted by Gasteiger charge is 2.77. The maximum Gasteiger partial charge on any atom is 0.458 e. The van der Waals surface area contributed by atoms with Crippen LogP contribution in [0.5, 0.6) is 0 Å². The van der Waals surface area contributed by atoms with Crippen molar-refractivity contribution in [1.82, 2.24) is 0 Å². The Morgan fingerprint density at radius 1 is 0.647 bits per heavy atom. The first kappa shape index (κ1) is 16.2. The molecule has 0 fully saturated rings. The summed E-state index contributed by atoms with van der Waals surface area (Å²) < 4.78 is 129. The third-order valence-corrected chi connectivity index (χ3v) is 1.18. The van der Waals surface area contributed by atoms with Crippen LogP contribution in [0.3, 0.4) is 0 Å². The van der Waals surface area contributed by atoms with Crippen LogP contribution in [-0.4, -0.2) is 24.4 Å². The smallest absolute Gasteiger partial charge is 0.282 e. The van der Waals surface area contributed by atoms with E-state index in [1.54, 1.807) is 4.74 Å². The molecule has 0 aromatic heterocycles. The summed E-state index contributed by atoms with van der Waals surface area (Å²) in [5, 5.41) is 0. The van der Waals surface area contributed by atoms with Crippen LogP contribution in [0.1, 0.15) is 0 Å². The van der Waals surface area contributed by atoms with E-state index < -0.39 is 30.7 Å². The molecule has 12 heteroatoms. The number of alkyl halides is 10. The van der Waals surface area contributed by atoms with E-state index in [-0.39, 0.29) is 0 Å². The average Bonchev–Trinajstić information content (AvgIpc) is 1.97. The Bertz CT molecular complexity index is 245. The van der Waals surface area contributed by atoms with Gasteiger partial charge in [-0.25, -0.2) is 0 Å². The van der Waals surface area contributed by atoms with Crippen molar-refractivity contribution in [3.8, 4) is 0 Å². The molecule has 0 atom stereocenters. The van der Waals surface area contributed by atoms with Crippen LogP contribution in [0.2, 0.25) is 0 Å². The molecule has 0 heterocycles. The monoisotopic (exact) mass is 285 g/mol. The van der Waals surface area contributed by atoms with Crippen molar-refractivity contribution in [3.05, 3.63) is 6.36 Å². The van der Waals surface area contributed by atoms with Gasteiger partial charge in [0.25, 0.3) is 0 Å². The lowest BCUT2D eigenvalue weighted by atomic mass is 10.3. The molecule has 0 aliphatic rings. The van der Waals surface area contributed by atoms with E-state index in [0.29, 0.717) is 0 Å². The van der Waals surface area contributed by atoms with Crippen LogP contribution in [0.4, 0.5) is 48.3 Å². The van der Waals surface area contributed by atoms with Crippen molar-refractivity contribution in [2.45, 2.75) is 24.4 Å². The third-order valence-electron chi connectivity index (χ3n) is 1.18. The molecular formula is C5F11O. The number of ether oxygens (including phenoxy) is 1. The fraction of sp³-hybridized carbons (Fsp3) is 0.800. The summed E-state index contributed by atoms with van der Waals surface area (Å²) in [5.41, 5.74) is 0. The quantitative estimate of drug-likeness (QED) is 0.701. The summed E-state index contributed by atoms with van der Waals surface area (Å²) >= 11 is 0. The van der Waals surface area contributed by atoms with E-state index in [9.17, 15) is 48.3 Å². The van der Waals surface area contributed by atoms with Crippen LogP contribution in [0.15, 0.2) is 0 Å². The maximum atomic E-state index is 12.4. The highest BCUT2D eigenvalue weighted by atomic mass is 19.4. The molecule has 0 aromatic carbocycles. The topological polar surface area (TPSA) is 9.23 Å². The second-order valence-corrected chi connectivity index (χ2v) is 2.46. The predicted molar refractivity (Wildman–Crippen MR) is 27.4 cm³/mol. The molecule has 17 heavy (non-hydrogen) atoms. The highest BCUT2D eigenvalue weighted by molar-refractivity contribution is 4.90. The van der Waals surface area contributed by atoms with Crippen LogP contribution < -0.4 is 0 Å². The summed E-state index contributed by atoms with van der Waals surface area (Å²) in [6.07, 6.45) is -24.4. The van der Waals surface area contributed by atoms with Crippen molar-refractivity contribution in [2.75, 3.05) is 0 Å². The van der Waals surface area contributed by atoms with E-state index in [0.717, 1.165) is 0 Å². The standard InChI is InChI=1S/C5F11O/c6-1(2(7,8)9)17-3(10,4(11,12)13)5(14,15)16. The SMILES string of the molecule is F[C](OC(F)(C(F)(F)F)C(F)(F)F)C(F)(F)F. The van der Waals surface area contributed by atoms with Crippen LogP contribution in [0.25, 0.3) is 0 Å². The number of halogens is 11. The van der Waals surface area contributed by atoms with Gasteiger partial charge in [-0.1, -0.05) is 0 Å². The lowest BCUT2D eigenvalue weighted by molar-refractivity contribution is -0.443. The molecule has 0 bridgehead atoms. The minimum Gasteiger partial charge on any atom is -0.282 e. The zero-order chi connectivity index (χ0) is 14.3. The van der Waals surface area contributed by atoms with E-state index >= 15 is 0 Å². The summed E-state index contributed by atoms with van der Waals surface area (Å²) in [6.45, 7) is 0. The molecule has 0 rings (SSSR count). The molecule has 0 N–H and O–H groups in total. The molecule has 0 unspecified atom stereocenters. The zero-order valence-corrected chi connectivity index (χ0v) is 7.07. The van der Waals surface area contributed by atoms with E-state index in [4.69, 9.17) is 0 Å². The molecule has 0 spiro atoms. The van der Waals surface area contributed by atoms with Gasteiger partial charge in [-0.2, -0.15) is 48.3 Å². The van der Waals surface area contributed by atoms with Crippen LogP contribution >= 0.6 is 0 Å². The van der Waals surface area contributed by atoms with Gasteiger partial charge in [0.2, 0.25) is 0 Å². The van der Waals surface area contributed by atoms with E-state index in [1.165, 1.54) is 0 Å². The maximum absolute atomic E-state index is 12.4. The van der Waals surface area contributed by atoms with Gasteiger partial charge in [-0.15, -0.1) is 0 Å². The Labute approximate surface area is 85.1 Å². The summed E-state index contributed by atoms with van der Waals surface area (Å²) in [4.78, 5) is 0. The van der Waals surface area contributed by atoms with E-state index in [1.807, 2.05) is 0 Å². The Hall–Kier alpha value is -0.810. The first-order valence-electron chi connectivity index (χ1n) is 3.24. The summed E-state index contributed by atoms with van der Waals surface area (Å²) in [7, 11) is 0. The molecule has 0 aromatic rings. The second-order valence-electron chi connectivity index (χ2n) is 2.46. The lowest BCUT2D eigenvalue weighted by Gasteiger charge is -2.30. The molecule has 0 saturated heterocycles. The van der Waals surface area contributed by atoms with Gasteiger partial charge in [0.15, 0.2) is 0 Å². The zero-order valence-electron chi connectivity index (χ0n) is 7.07. The van der Waals surface area contributed by atoms with Crippen molar-refractivity contribution in [3.63, 3.8) is 0 Å². The Morgan fingerprint density at radius 2 is 0.941 bits per heavy atom. The van der Waals surface area contributed by atoms with Crippen LogP contribution in [0, 0.1) is 6.36 Å². The first-order chi connectivity index (χ1) is 7.13. The van der Waals surface area contributed by atoms with Gasteiger partial charge >= 0.3 is 30.7 Å². The fourth-order valence-electron chi connectivity index (χ4n) is 0.458. The van der Waals surface area contributed by atoms with Gasteiger partial charge in [0.1, 0.15) is 0 Å². The molecule has 1 nitrogen and oxygen atoms in total. The van der Waals surface area contributed by atoms with Crippen molar-refractivity contribution >= 4 is 0 Å². The predicted octanol–water partition coefficient (Wildman–Crippen LogP) is 3.81. The highest BCUT2D eigenvalue weighted by Crippen LogP contribution is 2.50. The van der Waals surface area contributed by atoms with E-state index in [2.05, 4.69) is 0 Å². The molecule has 0 saturated carbocycles. The summed E-state index contributed by atoms with van der Waals surface area (Å²) in [5.74, 6) is -6.78. The average molecular weight is 285 g/mol. The van der Waals surface area contributed by atoms with Gasteiger partial charge in [0, 0.05) is 0 Å². The van der Waals surface area contributed by atoms with Gasteiger partial charge in [-0.05, 0) is 0 Å². The third kappa shape index (κ3) is 3.33. The van der Waals surface area contributed by atoms with Crippen molar-refractivity contribution in [1.29, 1.82) is 0 Å². The Kier molecular flexibility index (Phi) is 3.94. The molecule has 1 radical (unpaired) electrons. The number of hydrogen-bond acceptors (Lipinski definition) is 1. The van der Waals surface area contributed by atoms with Gasteiger partial charge < -0.3 is 0 Å². The molecular weight excluding hydrogens is 285 g/mol. The Morgan fingerprint density at radius 3 is 1.12 bits per heavy atom. The van der Waals surface area contributed by atoms with Crippen molar-refractivity contribution < 1.29 is 53.0 Å². The molecule has 0 aliphatic heterocycles. The summed E-state index contributed by atoms with van der Waals surface area (Å²) in [6, 6.07) is 0. The molecule has 0 aliphatic carbocycles. The van der Waals surface area contributed by atoms with Crippen molar-refractivity contribution in [2.24, 2.45) is 0 Å². The lowest BCUT2D eigenvalue weighted by Crippen LogP contribution is -2.56. The number of rotatable bonds is 2. The minimum absolute atomic E-state index is 1.74. The number of hydrogen-bond donors (Lipinski definition) is 0. The second kappa shape index (κ2) is 4.14. The Balaban J connectivity index is 5.27. The fourth-order valence-corrected chi connectivity index (χ4v) is 0.458. The molecule has 0 amide bonds. The molecule has 103 valence electrons. The largest absolute Gasteiger partial charge is 0.458 e.